The van der Waals surface area contributed by atoms with Gasteiger partial charge in [-0.05, 0) is 42.8 Å². The van der Waals surface area contributed by atoms with Gasteiger partial charge in [-0.3, -0.25) is 9.59 Å². The van der Waals surface area contributed by atoms with Gasteiger partial charge in [0, 0.05) is 12.5 Å². The third-order valence-corrected chi connectivity index (χ3v) is 3.10. The third-order valence-electron chi connectivity index (χ3n) is 3.10. The van der Waals surface area contributed by atoms with Gasteiger partial charge in [-0.15, -0.1) is 0 Å². The number of benzene rings is 2. The first-order valence-electron chi connectivity index (χ1n) is 7.08. The lowest BCUT2D eigenvalue weighted by Crippen LogP contribution is -2.12. The first-order valence-corrected chi connectivity index (χ1v) is 7.08. The Hall–Kier alpha value is -2.82. The van der Waals surface area contributed by atoms with Gasteiger partial charge in [0.1, 0.15) is 5.75 Å². The molecule has 23 heavy (non-hydrogen) atoms. The number of hydrogen-bond acceptors (Lipinski definition) is 5. The highest BCUT2D eigenvalue weighted by atomic mass is 16.6. The zero-order valence-corrected chi connectivity index (χ0v) is 13.3. The highest BCUT2D eigenvalue weighted by Gasteiger charge is 2.13. The SMILES string of the molecule is COc1cc(C(=O)COc2cccc(C)c2)ccc1OC(C)=O. The second-order valence-electron chi connectivity index (χ2n) is 4.99. The van der Waals surface area contributed by atoms with Gasteiger partial charge in [0.2, 0.25) is 0 Å². The molecule has 0 atom stereocenters. The fourth-order valence-corrected chi connectivity index (χ4v) is 2.02. The van der Waals surface area contributed by atoms with Crippen molar-refractivity contribution in [2.75, 3.05) is 13.7 Å². The lowest BCUT2D eigenvalue weighted by Gasteiger charge is -2.10. The van der Waals surface area contributed by atoms with Crippen molar-refractivity contribution in [1.29, 1.82) is 0 Å². The summed E-state index contributed by atoms with van der Waals surface area (Å²) in [6, 6.07) is 12.1. The number of carbonyl (C=O) groups excluding carboxylic acids is 2. The van der Waals surface area contributed by atoms with Crippen LogP contribution < -0.4 is 14.2 Å². The lowest BCUT2D eigenvalue weighted by molar-refractivity contribution is -0.132. The number of ether oxygens (including phenoxy) is 3. The fourth-order valence-electron chi connectivity index (χ4n) is 2.02. The minimum Gasteiger partial charge on any atom is -0.493 e. The van der Waals surface area contributed by atoms with Crippen molar-refractivity contribution in [3.05, 3.63) is 53.6 Å². The maximum absolute atomic E-state index is 12.2. The van der Waals surface area contributed by atoms with Gasteiger partial charge in [-0.2, -0.15) is 0 Å². The van der Waals surface area contributed by atoms with E-state index in [0.717, 1.165) is 5.56 Å². The molecule has 0 aromatic heterocycles. The molecule has 0 spiro atoms. The summed E-state index contributed by atoms with van der Waals surface area (Å²) in [7, 11) is 1.44. The van der Waals surface area contributed by atoms with Crippen LogP contribution in [0.1, 0.15) is 22.8 Å². The summed E-state index contributed by atoms with van der Waals surface area (Å²) < 4.78 is 15.6. The summed E-state index contributed by atoms with van der Waals surface area (Å²) in [5, 5.41) is 0. The molecule has 0 unspecified atom stereocenters. The zero-order valence-electron chi connectivity index (χ0n) is 13.3. The monoisotopic (exact) mass is 314 g/mol. The van der Waals surface area contributed by atoms with Crippen LogP contribution in [0.5, 0.6) is 17.2 Å². The molecule has 0 heterocycles. The van der Waals surface area contributed by atoms with Crippen LogP contribution in [0.4, 0.5) is 0 Å². The van der Waals surface area contributed by atoms with Crippen LogP contribution in [0.3, 0.4) is 0 Å². The average molecular weight is 314 g/mol. The van der Waals surface area contributed by atoms with E-state index in [2.05, 4.69) is 0 Å². The van der Waals surface area contributed by atoms with Gasteiger partial charge >= 0.3 is 5.97 Å². The molecule has 0 aliphatic rings. The van der Waals surface area contributed by atoms with Gasteiger partial charge in [0.25, 0.3) is 0 Å². The van der Waals surface area contributed by atoms with E-state index in [1.165, 1.54) is 26.2 Å². The average Bonchev–Trinajstić information content (AvgIpc) is 2.52. The van der Waals surface area contributed by atoms with E-state index in [9.17, 15) is 9.59 Å². The number of ketones is 1. The Labute approximate surface area is 134 Å². The fraction of sp³-hybridized carbons (Fsp3) is 0.222. The summed E-state index contributed by atoms with van der Waals surface area (Å²) in [4.78, 5) is 23.2. The zero-order chi connectivity index (χ0) is 16.8. The predicted molar refractivity (Wildman–Crippen MR) is 85.3 cm³/mol. The van der Waals surface area contributed by atoms with Crippen molar-refractivity contribution >= 4 is 11.8 Å². The Balaban J connectivity index is 2.08. The summed E-state index contributed by atoms with van der Waals surface area (Å²) in [5.41, 5.74) is 1.48. The summed E-state index contributed by atoms with van der Waals surface area (Å²) in [6.45, 7) is 3.17. The van der Waals surface area contributed by atoms with Gasteiger partial charge in [0.05, 0.1) is 7.11 Å². The van der Waals surface area contributed by atoms with Crippen LogP contribution in [0.2, 0.25) is 0 Å². The molecule has 0 fully saturated rings. The van der Waals surface area contributed by atoms with E-state index in [1.54, 1.807) is 12.1 Å². The van der Waals surface area contributed by atoms with Crippen molar-refractivity contribution in [3.8, 4) is 17.2 Å². The molecule has 0 N–H and O–H groups in total. The van der Waals surface area contributed by atoms with Crippen molar-refractivity contribution in [2.24, 2.45) is 0 Å². The molecule has 0 saturated heterocycles. The highest BCUT2D eigenvalue weighted by molar-refractivity contribution is 5.98. The van der Waals surface area contributed by atoms with Gasteiger partial charge in [-0.25, -0.2) is 0 Å². The molecule has 0 saturated carbocycles. The van der Waals surface area contributed by atoms with Gasteiger partial charge in [0.15, 0.2) is 23.9 Å². The van der Waals surface area contributed by atoms with E-state index in [1.807, 2.05) is 25.1 Å². The maximum atomic E-state index is 12.2. The summed E-state index contributed by atoms with van der Waals surface area (Å²) in [6.07, 6.45) is 0. The van der Waals surface area contributed by atoms with E-state index in [4.69, 9.17) is 14.2 Å². The summed E-state index contributed by atoms with van der Waals surface area (Å²) in [5.74, 6) is 0.587. The second-order valence-corrected chi connectivity index (χ2v) is 4.99. The Kier molecular flexibility index (Phi) is 5.36. The normalized spacial score (nSPS) is 10.0. The lowest BCUT2D eigenvalue weighted by atomic mass is 10.1. The second kappa shape index (κ2) is 7.45. The van der Waals surface area contributed by atoms with Crippen molar-refractivity contribution < 1.29 is 23.8 Å². The molecule has 0 aliphatic heterocycles. The minimum absolute atomic E-state index is 0.0838. The Morgan fingerprint density at radius 3 is 2.48 bits per heavy atom. The van der Waals surface area contributed by atoms with Crippen LogP contribution in [0.25, 0.3) is 0 Å². The number of hydrogen-bond donors (Lipinski definition) is 0. The van der Waals surface area contributed by atoms with Crippen molar-refractivity contribution in [1.82, 2.24) is 0 Å². The van der Waals surface area contributed by atoms with Crippen LogP contribution in [-0.4, -0.2) is 25.5 Å². The molecule has 0 aliphatic carbocycles. The molecule has 120 valence electrons. The van der Waals surface area contributed by atoms with Gasteiger partial charge in [-0.1, -0.05) is 12.1 Å². The highest BCUT2D eigenvalue weighted by Crippen LogP contribution is 2.28. The number of rotatable bonds is 6. The number of aryl methyl sites for hydroxylation is 1. The Bertz CT molecular complexity index is 721. The standard InChI is InChI=1S/C18H18O5/c1-12-5-4-6-15(9-12)22-11-16(20)14-7-8-17(23-13(2)19)18(10-14)21-3/h4-10H,11H2,1-3H3. The van der Waals surface area contributed by atoms with Crippen LogP contribution >= 0.6 is 0 Å². The largest absolute Gasteiger partial charge is 0.493 e. The Morgan fingerprint density at radius 2 is 1.83 bits per heavy atom. The minimum atomic E-state index is -0.454. The van der Waals surface area contributed by atoms with E-state index in [0.29, 0.717) is 17.1 Å². The number of methoxy groups -OCH3 is 1. The number of esters is 1. The van der Waals surface area contributed by atoms with Crippen molar-refractivity contribution in [3.63, 3.8) is 0 Å². The summed E-state index contributed by atoms with van der Waals surface area (Å²) >= 11 is 0. The number of carbonyl (C=O) groups is 2. The quantitative estimate of drug-likeness (QED) is 0.465. The molecule has 0 amide bonds. The maximum Gasteiger partial charge on any atom is 0.308 e. The van der Waals surface area contributed by atoms with Gasteiger partial charge < -0.3 is 14.2 Å². The molecule has 5 nitrogen and oxygen atoms in total. The molecule has 2 aromatic rings. The Morgan fingerprint density at radius 1 is 1.04 bits per heavy atom. The molecule has 2 rings (SSSR count). The van der Waals surface area contributed by atoms with E-state index < -0.39 is 5.97 Å². The predicted octanol–water partition coefficient (Wildman–Crippen LogP) is 3.19. The van der Waals surface area contributed by atoms with Crippen LogP contribution in [0.15, 0.2) is 42.5 Å². The first kappa shape index (κ1) is 16.5. The number of Topliss-reactive ketones (excluding diaryl/α,β-unsaturated/α-hetero) is 1. The van der Waals surface area contributed by atoms with E-state index >= 15 is 0 Å². The molecule has 0 radical (unpaired) electrons. The first-order chi connectivity index (χ1) is 11.0. The molecule has 0 bridgehead atoms. The van der Waals surface area contributed by atoms with Crippen molar-refractivity contribution in [2.45, 2.75) is 13.8 Å². The van der Waals surface area contributed by atoms with Crippen LogP contribution in [0, 0.1) is 6.92 Å². The molecule has 5 heteroatoms. The molecular weight excluding hydrogens is 296 g/mol. The molecule has 2 aromatic carbocycles. The van der Waals surface area contributed by atoms with E-state index in [-0.39, 0.29) is 18.1 Å². The topological polar surface area (TPSA) is 61.8 Å². The molecular formula is C18H18O5. The van der Waals surface area contributed by atoms with Crippen LogP contribution in [-0.2, 0) is 4.79 Å². The smallest absolute Gasteiger partial charge is 0.308 e. The third kappa shape index (κ3) is 4.57.